The third kappa shape index (κ3) is 2.97. The molecule has 6 heteroatoms. The molecule has 0 atom stereocenters. The molecular formula is C11H14N2O3S. The SMILES string of the molecule is CS(=O)(=O)CCCn1ncc2cc(O)ccc21. The Labute approximate surface area is 99.6 Å². The van der Waals surface area contributed by atoms with Crippen molar-refractivity contribution in [2.24, 2.45) is 0 Å². The third-order valence-corrected chi connectivity index (χ3v) is 3.54. The summed E-state index contributed by atoms with van der Waals surface area (Å²) >= 11 is 0. The first-order chi connectivity index (χ1) is 7.96. The van der Waals surface area contributed by atoms with E-state index in [1.54, 1.807) is 29.1 Å². The van der Waals surface area contributed by atoms with Gasteiger partial charge in [-0.3, -0.25) is 4.68 Å². The van der Waals surface area contributed by atoms with Crippen molar-refractivity contribution in [2.75, 3.05) is 12.0 Å². The van der Waals surface area contributed by atoms with Crippen molar-refractivity contribution in [3.05, 3.63) is 24.4 Å². The fourth-order valence-electron chi connectivity index (χ4n) is 1.73. The van der Waals surface area contributed by atoms with E-state index in [1.165, 1.54) is 6.26 Å². The van der Waals surface area contributed by atoms with Crippen LogP contribution in [-0.4, -0.2) is 35.3 Å². The molecule has 0 bridgehead atoms. The van der Waals surface area contributed by atoms with Crippen LogP contribution >= 0.6 is 0 Å². The maximum Gasteiger partial charge on any atom is 0.147 e. The molecule has 0 saturated heterocycles. The summed E-state index contributed by atoms with van der Waals surface area (Å²) in [7, 11) is -2.92. The van der Waals surface area contributed by atoms with Crippen molar-refractivity contribution in [1.82, 2.24) is 9.78 Å². The van der Waals surface area contributed by atoms with Crippen LogP contribution in [0.15, 0.2) is 24.4 Å². The molecule has 0 aliphatic rings. The van der Waals surface area contributed by atoms with E-state index in [0.29, 0.717) is 13.0 Å². The van der Waals surface area contributed by atoms with Gasteiger partial charge in [-0.25, -0.2) is 8.42 Å². The lowest BCUT2D eigenvalue weighted by molar-refractivity contribution is 0.476. The van der Waals surface area contributed by atoms with Crippen molar-refractivity contribution >= 4 is 20.7 Å². The minimum absolute atomic E-state index is 0.159. The van der Waals surface area contributed by atoms with Gasteiger partial charge in [-0.15, -0.1) is 0 Å². The molecule has 17 heavy (non-hydrogen) atoms. The predicted molar refractivity (Wildman–Crippen MR) is 65.7 cm³/mol. The van der Waals surface area contributed by atoms with E-state index in [-0.39, 0.29) is 11.5 Å². The summed E-state index contributed by atoms with van der Waals surface area (Å²) < 4.78 is 23.8. The summed E-state index contributed by atoms with van der Waals surface area (Å²) in [5.74, 6) is 0.361. The third-order valence-electron chi connectivity index (χ3n) is 2.51. The first kappa shape index (κ1) is 11.9. The second kappa shape index (κ2) is 4.37. The van der Waals surface area contributed by atoms with Gasteiger partial charge in [0.05, 0.1) is 17.5 Å². The van der Waals surface area contributed by atoms with Crippen molar-refractivity contribution in [3.8, 4) is 5.75 Å². The number of benzene rings is 1. The highest BCUT2D eigenvalue weighted by atomic mass is 32.2. The van der Waals surface area contributed by atoms with E-state index in [9.17, 15) is 13.5 Å². The van der Waals surface area contributed by atoms with E-state index in [1.807, 2.05) is 0 Å². The quantitative estimate of drug-likeness (QED) is 0.889. The number of aromatic nitrogens is 2. The second-order valence-corrected chi connectivity index (χ2v) is 6.35. The summed E-state index contributed by atoms with van der Waals surface area (Å²) in [6.45, 7) is 0.557. The zero-order valence-electron chi connectivity index (χ0n) is 9.50. The van der Waals surface area contributed by atoms with E-state index < -0.39 is 9.84 Å². The number of phenols is 1. The van der Waals surface area contributed by atoms with Gasteiger partial charge in [0.25, 0.3) is 0 Å². The standard InChI is InChI=1S/C11H14N2O3S/c1-17(15,16)6-2-5-13-11-4-3-10(14)7-9(11)8-12-13/h3-4,7-8,14H,2,5-6H2,1H3. The van der Waals surface area contributed by atoms with Crippen LogP contribution < -0.4 is 0 Å². The summed E-state index contributed by atoms with van der Waals surface area (Å²) in [6, 6.07) is 5.00. The number of aromatic hydroxyl groups is 1. The van der Waals surface area contributed by atoms with Gasteiger partial charge in [0, 0.05) is 18.2 Å². The van der Waals surface area contributed by atoms with Gasteiger partial charge in [0.2, 0.25) is 0 Å². The van der Waals surface area contributed by atoms with Gasteiger partial charge in [-0.1, -0.05) is 0 Å². The summed E-state index contributed by atoms with van der Waals surface area (Å²) in [6.07, 6.45) is 3.43. The Balaban J connectivity index is 2.14. The van der Waals surface area contributed by atoms with Crippen molar-refractivity contribution in [3.63, 3.8) is 0 Å². The van der Waals surface area contributed by atoms with Gasteiger partial charge in [-0.05, 0) is 24.6 Å². The molecule has 0 unspecified atom stereocenters. The zero-order chi connectivity index (χ0) is 12.5. The number of hydrogen-bond acceptors (Lipinski definition) is 4. The second-order valence-electron chi connectivity index (χ2n) is 4.09. The normalized spacial score (nSPS) is 12.1. The van der Waals surface area contributed by atoms with E-state index in [2.05, 4.69) is 5.10 Å². The number of rotatable bonds is 4. The van der Waals surface area contributed by atoms with Crippen LogP contribution in [0, 0.1) is 0 Å². The van der Waals surface area contributed by atoms with E-state index in [4.69, 9.17) is 0 Å². The molecule has 0 aliphatic carbocycles. The van der Waals surface area contributed by atoms with Crippen molar-refractivity contribution < 1.29 is 13.5 Å². The van der Waals surface area contributed by atoms with Crippen LogP contribution in [0.1, 0.15) is 6.42 Å². The molecule has 0 fully saturated rings. The lowest BCUT2D eigenvalue weighted by atomic mass is 10.2. The summed E-state index contributed by atoms with van der Waals surface area (Å²) in [5, 5.41) is 14.3. The maximum atomic E-state index is 11.0. The van der Waals surface area contributed by atoms with Crippen LogP contribution in [0.5, 0.6) is 5.75 Å². The number of sulfone groups is 1. The van der Waals surface area contributed by atoms with Crippen LogP contribution in [-0.2, 0) is 16.4 Å². The molecule has 0 radical (unpaired) electrons. The fraction of sp³-hybridized carbons (Fsp3) is 0.364. The van der Waals surface area contributed by atoms with Crippen LogP contribution in [0.4, 0.5) is 0 Å². The molecule has 92 valence electrons. The monoisotopic (exact) mass is 254 g/mol. The largest absolute Gasteiger partial charge is 0.508 e. The number of hydrogen-bond donors (Lipinski definition) is 1. The van der Waals surface area contributed by atoms with Crippen LogP contribution in [0.3, 0.4) is 0 Å². The number of nitrogens with zero attached hydrogens (tertiary/aromatic N) is 2. The Bertz CT molecular complexity index is 631. The first-order valence-corrected chi connectivity index (χ1v) is 7.34. The maximum absolute atomic E-state index is 11.0. The molecule has 1 aromatic heterocycles. The molecule has 0 saturated carbocycles. The highest BCUT2D eigenvalue weighted by Gasteiger charge is 2.05. The minimum atomic E-state index is -2.92. The topological polar surface area (TPSA) is 72.2 Å². The predicted octanol–water partition coefficient (Wildman–Crippen LogP) is 1.18. The fourth-order valence-corrected chi connectivity index (χ4v) is 2.38. The van der Waals surface area contributed by atoms with E-state index in [0.717, 1.165) is 10.9 Å². The van der Waals surface area contributed by atoms with Gasteiger partial charge < -0.3 is 5.11 Å². The zero-order valence-corrected chi connectivity index (χ0v) is 10.3. The van der Waals surface area contributed by atoms with Crippen molar-refractivity contribution in [1.29, 1.82) is 0 Å². The molecule has 1 heterocycles. The molecular weight excluding hydrogens is 240 g/mol. The average Bonchev–Trinajstić information content (AvgIpc) is 2.59. The van der Waals surface area contributed by atoms with Crippen LogP contribution in [0.2, 0.25) is 0 Å². The first-order valence-electron chi connectivity index (χ1n) is 5.28. The lowest BCUT2D eigenvalue weighted by Crippen LogP contribution is -2.08. The van der Waals surface area contributed by atoms with E-state index >= 15 is 0 Å². The Morgan fingerprint density at radius 1 is 1.41 bits per heavy atom. The average molecular weight is 254 g/mol. The molecule has 0 spiro atoms. The highest BCUT2D eigenvalue weighted by Crippen LogP contribution is 2.19. The van der Waals surface area contributed by atoms with Gasteiger partial charge in [-0.2, -0.15) is 5.10 Å². The summed E-state index contributed by atoms with van der Waals surface area (Å²) in [4.78, 5) is 0. The number of phenolic OH excluding ortho intramolecular Hbond substituents is 1. The smallest absolute Gasteiger partial charge is 0.147 e. The van der Waals surface area contributed by atoms with Crippen molar-refractivity contribution in [2.45, 2.75) is 13.0 Å². The number of fused-ring (bicyclic) bond motifs is 1. The summed E-state index contributed by atoms with van der Waals surface area (Å²) in [5.41, 5.74) is 0.899. The molecule has 0 aliphatic heterocycles. The Kier molecular flexibility index (Phi) is 3.06. The number of aryl methyl sites for hydroxylation is 1. The highest BCUT2D eigenvalue weighted by molar-refractivity contribution is 7.90. The molecule has 2 rings (SSSR count). The molecule has 1 N–H and O–H groups in total. The molecule has 1 aromatic carbocycles. The molecule has 5 nitrogen and oxygen atoms in total. The van der Waals surface area contributed by atoms with Gasteiger partial charge in [0.1, 0.15) is 15.6 Å². The minimum Gasteiger partial charge on any atom is -0.508 e. The molecule has 2 aromatic rings. The van der Waals surface area contributed by atoms with Gasteiger partial charge >= 0.3 is 0 Å². The van der Waals surface area contributed by atoms with Gasteiger partial charge in [0.15, 0.2) is 0 Å². The van der Waals surface area contributed by atoms with Crippen LogP contribution in [0.25, 0.3) is 10.9 Å². The lowest BCUT2D eigenvalue weighted by Gasteiger charge is -2.03. The molecule has 0 amide bonds. The Morgan fingerprint density at radius 2 is 2.18 bits per heavy atom. The Morgan fingerprint density at radius 3 is 2.88 bits per heavy atom. The Hall–Kier alpha value is -1.56.